The van der Waals surface area contributed by atoms with Crippen molar-refractivity contribution >= 4 is 101 Å². The summed E-state index contributed by atoms with van der Waals surface area (Å²) in [5.41, 5.74) is 44.4. The second-order valence-corrected chi connectivity index (χ2v) is 22.6. The van der Waals surface area contributed by atoms with Crippen LogP contribution in [0.4, 0.5) is 0 Å². The summed E-state index contributed by atoms with van der Waals surface area (Å²) in [6.07, 6.45) is 1.43. The number of carbonyl (C=O) groups excluding carboxylic acids is 12. The van der Waals surface area contributed by atoms with Gasteiger partial charge in [-0.05, 0) is 108 Å². The number of thioether (sulfide) groups is 1. The van der Waals surface area contributed by atoms with Crippen LogP contribution in [0.3, 0.4) is 0 Å². The minimum Gasteiger partial charge on any atom is -0.480 e. The molecule has 0 fully saturated rings. The summed E-state index contributed by atoms with van der Waals surface area (Å²) in [4.78, 5) is 179. The lowest BCUT2D eigenvalue weighted by molar-refractivity contribution is -0.142. The number of benzene rings is 1. The number of amides is 12. The number of unbranched alkanes of at least 4 members (excludes halogenated alkanes) is 1. The highest BCUT2D eigenvalue weighted by molar-refractivity contribution is 7.98. The molecule has 1 aromatic rings. The van der Waals surface area contributed by atoms with E-state index in [1.165, 1.54) is 25.6 Å². The number of rotatable bonds is 45. The molecule has 0 aliphatic carbocycles. The molecule has 0 aliphatic rings. The lowest BCUT2D eigenvalue weighted by Gasteiger charge is -2.26. The zero-order valence-electron chi connectivity index (χ0n) is 51.6. The van der Waals surface area contributed by atoms with Crippen LogP contribution < -0.4 is 99.0 Å². The smallest absolute Gasteiger partial charge is 0.326 e. The molecule has 0 aromatic heterocycles. The molecule has 0 unspecified atom stereocenters. The number of nitrogens with two attached hydrogens (primary N) is 8. The van der Waals surface area contributed by atoms with E-state index in [2.05, 4.69) is 63.2 Å². The molecule has 0 spiro atoms. The van der Waals surface area contributed by atoms with Crippen LogP contribution in [0.2, 0.25) is 0 Å². The first-order valence-electron chi connectivity index (χ1n) is 29.3. The zero-order valence-corrected chi connectivity index (χ0v) is 52.5. The molecule has 1 rings (SSSR count). The first-order chi connectivity index (χ1) is 42.4. The molecular weight excluding hydrogens is 1200 g/mol. The molecule has 0 bridgehead atoms. The molecule has 34 nitrogen and oxygen atoms in total. The van der Waals surface area contributed by atoms with E-state index in [1.807, 2.05) is 0 Å². The molecule has 504 valence electrons. The summed E-state index contributed by atoms with van der Waals surface area (Å²) in [7, 11) is 0. The highest BCUT2D eigenvalue weighted by Crippen LogP contribution is 2.12. The average Bonchev–Trinajstić information content (AvgIpc) is 2.77. The summed E-state index contributed by atoms with van der Waals surface area (Å²) >= 11 is 1.38. The molecule has 90 heavy (non-hydrogen) atoms. The quantitative estimate of drug-likeness (QED) is 0.0164. The standard InChI is InChI=1S/C55H94N20O14S/c1-29(2)25-39(52(87)72-36(17-12-23-65-55(62)63)49(84)73-38(53(88)89)18-19-41(58)76)74-44(79)30(3)67-43(78)28-66-47(82)34(15-9-10-21-56)71-48(83)35(16-11-22-64-54(60)61)69-45(80)31(4)68-51(86)40(26-32-13-7-6-8-14-32)75-50(85)37(20-24-90-5)70-46(81)33(57)27-42(59)77/h6-8,13-14,29-31,33-40H,9-12,15-28,56-57H2,1-5H3,(H2,58,76)(H2,59,77)(H,66,82)(H,67,78)(H,68,86)(H,69,80)(H,70,81)(H,71,83)(H,72,87)(H,73,84)(H,74,79)(H,75,85)(H,88,89)(H4,60,61,64)(H4,62,63,65)/t30-,31-,33-,34-,35-,36-,37+,38-,39-,40-/m0/s1. The van der Waals surface area contributed by atoms with Gasteiger partial charge in [0.2, 0.25) is 70.9 Å². The first-order valence-corrected chi connectivity index (χ1v) is 30.7. The van der Waals surface area contributed by atoms with Crippen molar-refractivity contribution in [2.24, 2.45) is 61.8 Å². The Morgan fingerprint density at radius 3 is 1.43 bits per heavy atom. The lowest BCUT2D eigenvalue weighted by Crippen LogP contribution is -2.59. The molecule has 0 heterocycles. The third kappa shape index (κ3) is 33.5. The Morgan fingerprint density at radius 1 is 0.500 bits per heavy atom. The highest BCUT2D eigenvalue weighted by Gasteiger charge is 2.34. The van der Waals surface area contributed by atoms with Crippen LogP contribution in [0.25, 0.3) is 0 Å². The molecule has 0 aliphatic heterocycles. The topological polar surface area (TPSA) is 595 Å². The third-order valence-electron chi connectivity index (χ3n) is 13.2. The fourth-order valence-corrected chi connectivity index (χ4v) is 8.89. The second kappa shape index (κ2) is 42.9. The van der Waals surface area contributed by atoms with Gasteiger partial charge in [0.1, 0.15) is 54.4 Å². The van der Waals surface area contributed by atoms with Crippen molar-refractivity contribution in [3.63, 3.8) is 0 Å². The molecule has 0 saturated carbocycles. The van der Waals surface area contributed by atoms with Crippen molar-refractivity contribution in [3.05, 3.63) is 35.9 Å². The Morgan fingerprint density at radius 2 is 0.944 bits per heavy atom. The number of carbonyl (C=O) groups is 13. The Kier molecular flexibility index (Phi) is 37.7. The maximum Gasteiger partial charge on any atom is 0.326 e. The van der Waals surface area contributed by atoms with Gasteiger partial charge in [0.25, 0.3) is 0 Å². The van der Waals surface area contributed by atoms with Crippen LogP contribution in [0, 0.1) is 5.92 Å². The number of aliphatic carboxylic acids is 1. The number of hydrogen-bond donors (Lipinski definition) is 19. The van der Waals surface area contributed by atoms with Crippen LogP contribution in [0.5, 0.6) is 0 Å². The summed E-state index contributed by atoms with van der Waals surface area (Å²) in [5, 5.41) is 34.9. The molecule has 0 radical (unpaired) electrons. The number of nitrogens with zero attached hydrogens (tertiary/aromatic N) is 2. The van der Waals surface area contributed by atoms with Crippen molar-refractivity contribution < 1.29 is 67.4 Å². The summed E-state index contributed by atoms with van der Waals surface area (Å²) < 4.78 is 0. The van der Waals surface area contributed by atoms with E-state index in [4.69, 9.17) is 45.9 Å². The zero-order chi connectivity index (χ0) is 68.0. The van der Waals surface area contributed by atoms with Crippen LogP contribution >= 0.6 is 11.8 Å². The fourth-order valence-electron chi connectivity index (χ4n) is 8.42. The number of nitrogens with one attached hydrogen (secondary N) is 10. The van der Waals surface area contributed by atoms with Gasteiger partial charge in [-0.3, -0.25) is 67.5 Å². The van der Waals surface area contributed by atoms with E-state index in [0.717, 1.165) is 0 Å². The Labute approximate surface area is 526 Å². The minimum atomic E-state index is -1.55. The van der Waals surface area contributed by atoms with Crippen LogP contribution in [-0.2, 0) is 68.7 Å². The van der Waals surface area contributed by atoms with Crippen molar-refractivity contribution in [1.29, 1.82) is 0 Å². The number of primary amides is 2. The molecule has 35 heteroatoms. The number of guanidine groups is 2. The van der Waals surface area contributed by atoms with E-state index in [1.54, 1.807) is 50.4 Å². The van der Waals surface area contributed by atoms with Gasteiger partial charge < -0.3 is 104 Å². The maximum absolute atomic E-state index is 14.2. The second-order valence-electron chi connectivity index (χ2n) is 21.6. The van der Waals surface area contributed by atoms with Crippen molar-refractivity contribution in [3.8, 4) is 0 Å². The summed E-state index contributed by atoms with van der Waals surface area (Å²) in [6.45, 7) is 5.67. The van der Waals surface area contributed by atoms with Gasteiger partial charge in [0.05, 0.1) is 19.0 Å². The Hall–Kier alpha value is -8.86. The van der Waals surface area contributed by atoms with Crippen LogP contribution in [-0.4, -0.2) is 192 Å². The average molecular weight is 1290 g/mol. The first kappa shape index (κ1) is 79.2. The van der Waals surface area contributed by atoms with Gasteiger partial charge in [-0.1, -0.05) is 44.2 Å². The highest BCUT2D eigenvalue weighted by atomic mass is 32.2. The van der Waals surface area contributed by atoms with E-state index in [0.29, 0.717) is 24.2 Å². The SMILES string of the molecule is CSCC[C@@H](NC(=O)[C@@H](N)CC(N)=O)C(=O)N[C@@H](Cc1ccccc1)C(=O)N[C@@H](C)C(=O)N[C@@H](CCCN=C(N)N)C(=O)N[C@@H](CCCCN)C(=O)NCC(=O)N[C@@H](C)C(=O)N[C@@H](CC(C)C)C(=O)N[C@@H](CCCN=C(N)N)C(=O)N[C@@H](CCC(N)=O)C(=O)O. The van der Waals surface area contributed by atoms with Gasteiger partial charge in [0.15, 0.2) is 11.9 Å². The number of carboxylic acids is 1. The molecule has 12 amide bonds. The van der Waals surface area contributed by atoms with Crippen LogP contribution in [0.15, 0.2) is 40.3 Å². The third-order valence-corrected chi connectivity index (χ3v) is 13.9. The van der Waals surface area contributed by atoms with Gasteiger partial charge in [0, 0.05) is 25.9 Å². The van der Waals surface area contributed by atoms with Crippen molar-refractivity contribution in [2.45, 2.75) is 172 Å². The van der Waals surface area contributed by atoms with Crippen molar-refractivity contribution in [2.75, 3.05) is 38.2 Å². The Bertz CT molecular complexity index is 2630. The monoisotopic (exact) mass is 1290 g/mol. The largest absolute Gasteiger partial charge is 0.480 e. The fraction of sp³-hybridized carbons (Fsp3) is 0.618. The van der Waals surface area contributed by atoms with E-state index >= 15 is 0 Å². The number of carboxylic acid groups (broad SMARTS) is 1. The Balaban J connectivity index is 3.33. The van der Waals surface area contributed by atoms with Crippen LogP contribution in [0.1, 0.15) is 110 Å². The normalized spacial score (nSPS) is 14.2. The van der Waals surface area contributed by atoms with Gasteiger partial charge in [-0.25, -0.2) is 4.79 Å². The van der Waals surface area contributed by atoms with Gasteiger partial charge >= 0.3 is 5.97 Å². The van der Waals surface area contributed by atoms with Gasteiger partial charge in [-0.2, -0.15) is 11.8 Å². The predicted octanol–water partition coefficient (Wildman–Crippen LogP) is -6.66. The summed E-state index contributed by atoms with van der Waals surface area (Å²) in [6, 6.07) is -4.93. The molecule has 10 atom stereocenters. The van der Waals surface area contributed by atoms with E-state index in [9.17, 15) is 67.4 Å². The summed E-state index contributed by atoms with van der Waals surface area (Å²) in [5.74, 6) is -11.9. The number of aliphatic imine (C=N–C) groups is 2. The number of hydrogen-bond acceptors (Lipinski definition) is 18. The molecular formula is C55H94N20O14S. The minimum absolute atomic E-state index is 0.000369. The molecule has 27 N–H and O–H groups in total. The van der Waals surface area contributed by atoms with E-state index < -0.39 is 150 Å². The lowest BCUT2D eigenvalue weighted by atomic mass is 10.0. The maximum atomic E-state index is 14.2. The molecule has 0 saturated heterocycles. The van der Waals surface area contributed by atoms with E-state index in [-0.39, 0.29) is 102 Å². The van der Waals surface area contributed by atoms with Crippen molar-refractivity contribution in [1.82, 2.24) is 53.2 Å². The predicted molar refractivity (Wildman–Crippen MR) is 335 cm³/mol. The molecule has 1 aromatic carbocycles. The van der Waals surface area contributed by atoms with Gasteiger partial charge in [-0.15, -0.1) is 0 Å².